The molecule has 106 valence electrons. The van der Waals surface area contributed by atoms with Crippen LogP contribution in [-0.4, -0.2) is 13.7 Å². The van der Waals surface area contributed by atoms with Gasteiger partial charge in [0.05, 0.1) is 5.69 Å². The molecule has 0 saturated carbocycles. The van der Waals surface area contributed by atoms with Gasteiger partial charge in [-0.05, 0) is 29.8 Å². The second-order valence-electron chi connectivity index (χ2n) is 4.33. The zero-order valence-electron chi connectivity index (χ0n) is 10.9. The number of rotatable bonds is 5. The fraction of sp³-hybridized carbons (Fsp3) is 0.200. The third-order valence-corrected chi connectivity index (χ3v) is 2.83. The first-order valence-electron chi connectivity index (χ1n) is 6.05. The predicted molar refractivity (Wildman–Crippen MR) is 71.6 cm³/mol. The van der Waals surface area contributed by atoms with Crippen molar-refractivity contribution >= 4 is 5.69 Å². The Morgan fingerprint density at radius 3 is 2.30 bits per heavy atom. The smallest absolute Gasteiger partial charge is 0.387 e. The van der Waals surface area contributed by atoms with Gasteiger partial charge < -0.3 is 9.64 Å². The minimum Gasteiger partial charge on any atom is -0.435 e. The van der Waals surface area contributed by atoms with E-state index in [1.165, 1.54) is 18.2 Å². The molecule has 0 bridgehead atoms. The molecule has 0 aromatic heterocycles. The third kappa shape index (κ3) is 3.66. The molecule has 0 spiro atoms. The van der Waals surface area contributed by atoms with Gasteiger partial charge in [-0.3, -0.25) is 0 Å². The van der Waals surface area contributed by atoms with Gasteiger partial charge in [0.2, 0.25) is 0 Å². The lowest BCUT2D eigenvalue weighted by Crippen LogP contribution is -2.17. The van der Waals surface area contributed by atoms with Gasteiger partial charge in [0.15, 0.2) is 0 Å². The quantitative estimate of drug-likeness (QED) is 0.819. The summed E-state index contributed by atoms with van der Waals surface area (Å²) in [5.41, 5.74) is 1.36. The summed E-state index contributed by atoms with van der Waals surface area (Å²) >= 11 is 0. The van der Waals surface area contributed by atoms with Crippen LogP contribution in [0.25, 0.3) is 0 Å². The molecule has 0 saturated heterocycles. The molecular formula is C15H14F3NO. The topological polar surface area (TPSA) is 12.5 Å². The second-order valence-corrected chi connectivity index (χ2v) is 4.33. The van der Waals surface area contributed by atoms with Crippen molar-refractivity contribution in [3.63, 3.8) is 0 Å². The average Bonchev–Trinajstić information content (AvgIpc) is 2.41. The molecule has 0 N–H and O–H groups in total. The van der Waals surface area contributed by atoms with E-state index in [1.807, 2.05) is 0 Å². The molecular weight excluding hydrogens is 267 g/mol. The third-order valence-electron chi connectivity index (χ3n) is 2.83. The molecule has 0 aliphatic carbocycles. The minimum absolute atomic E-state index is 0.109. The van der Waals surface area contributed by atoms with E-state index in [0.29, 0.717) is 12.2 Å². The molecule has 0 radical (unpaired) electrons. The number of hydrogen-bond acceptors (Lipinski definition) is 2. The molecule has 5 heteroatoms. The van der Waals surface area contributed by atoms with E-state index >= 15 is 0 Å². The highest BCUT2D eigenvalue weighted by Gasteiger charge is 2.08. The Bertz CT molecular complexity index is 557. The van der Waals surface area contributed by atoms with E-state index in [4.69, 9.17) is 0 Å². The summed E-state index contributed by atoms with van der Waals surface area (Å²) in [6.07, 6.45) is 0. The Hall–Kier alpha value is -2.17. The lowest BCUT2D eigenvalue weighted by molar-refractivity contribution is -0.0498. The van der Waals surface area contributed by atoms with Crippen molar-refractivity contribution in [3.05, 3.63) is 59.9 Å². The molecule has 2 rings (SSSR count). The normalized spacial score (nSPS) is 10.7. The number of para-hydroxylation sites is 1. The summed E-state index contributed by atoms with van der Waals surface area (Å²) in [4.78, 5) is 1.75. The molecule has 0 aliphatic rings. The maximum Gasteiger partial charge on any atom is 0.387 e. The zero-order chi connectivity index (χ0) is 14.5. The molecule has 0 fully saturated rings. The summed E-state index contributed by atoms with van der Waals surface area (Å²) in [6, 6.07) is 12.8. The van der Waals surface area contributed by atoms with Crippen LogP contribution in [0.4, 0.5) is 18.9 Å². The maximum absolute atomic E-state index is 13.6. The van der Waals surface area contributed by atoms with Gasteiger partial charge in [0.25, 0.3) is 0 Å². The molecule has 2 aromatic rings. The summed E-state index contributed by atoms with van der Waals surface area (Å²) in [7, 11) is 1.77. The van der Waals surface area contributed by atoms with Crippen molar-refractivity contribution in [2.45, 2.75) is 13.2 Å². The van der Waals surface area contributed by atoms with E-state index < -0.39 is 6.61 Å². The molecule has 0 aliphatic heterocycles. The van der Waals surface area contributed by atoms with Crippen LogP contribution in [0.5, 0.6) is 5.75 Å². The molecule has 0 amide bonds. The Kier molecular flexibility index (Phi) is 4.50. The van der Waals surface area contributed by atoms with E-state index in [1.54, 1.807) is 42.3 Å². The van der Waals surface area contributed by atoms with Crippen LogP contribution in [0.1, 0.15) is 5.56 Å². The first-order valence-corrected chi connectivity index (χ1v) is 6.05. The van der Waals surface area contributed by atoms with Crippen molar-refractivity contribution in [1.82, 2.24) is 0 Å². The fourth-order valence-electron chi connectivity index (χ4n) is 1.90. The number of hydrogen-bond donors (Lipinski definition) is 0. The van der Waals surface area contributed by atoms with Crippen LogP contribution in [0.15, 0.2) is 48.5 Å². The highest BCUT2D eigenvalue weighted by Crippen LogP contribution is 2.21. The first-order chi connectivity index (χ1) is 9.56. The van der Waals surface area contributed by atoms with Crippen molar-refractivity contribution in [2.75, 3.05) is 11.9 Å². The van der Waals surface area contributed by atoms with Crippen LogP contribution in [0, 0.1) is 5.82 Å². The highest BCUT2D eigenvalue weighted by atomic mass is 19.3. The van der Waals surface area contributed by atoms with Crippen LogP contribution >= 0.6 is 0 Å². The van der Waals surface area contributed by atoms with Gasteiger partial charge in [-0.15, -0.1) is 0 Å². The molecule has 0 heterocycles. The van der Waals surface area contributed by atoms with Crippen LogP contribution < -0.4 is 9.64 Å². The first kappa shape index (κ1) is 14.2. The molecule has 0 unspecified atom stereocenters. The van der Waals surface area contributed by atoms with E-state index in [-0.39, 0.29) is 11.6 Å². The van der Waals surface area contributed by atoms with Gasteiger partial charge in [-0.2, -0.15) is 8.78 Å². The Balaban J connectivity index is 2.05. The SMILES string of the molecule is CN(Cc1ccc(OC(F)F)cc1)c1ccccc1F. The highest BCUT2D eigenvalue weighted by molar-refractivity contribution is 5.47. The van der Waals surface area contributed by atoms with Crippen LogP contribution in [0.3, 0.4) is 0 Å². The predicted octanol–water partition coefficient (Wildman–Crippen LogP) is 4.06. The zero-order valence-corrected chi connectivity index (χ0v) is 10.9. The Morgan fingerprint density at radius 1 is 1.05 bits per heavy atom. The lowest BCUT2D eigenvalue weighted by Gasteiger charge is -2.20. The molecule has 2 nitrogen and oxygen atoms in total. The van der Waals surface area contributed by atoms with Crippen molar-refractivity contribution < 1.29 is 17.9 Å². The summed E-state index contributed by atoms with van der Waals surface area (Å²) in [5, 5.41) is 0. The van der Waals surface area contributed by atoms with Crippen LogP contribution in [-0.2, 0) is 6.54 Å². The average molecular weight is 281 g/mol. The summed E-state index contributed by atoms with van der Waals surface area (Å²) in [5.74, 6) is -0.190. The van der Waals surface area contributed by atoms with Gasteiger partial charge in [0, 0.05) is 13.6 Å². The number of alkyl halides is 2. The number of halogens is 3. The minimum atomic E-state index is -2.83. The van der Waals surface area contributed by atoms with Gasteiger partial charge in [-0.1, -0.05) is 24.3 Å². The fourth-order valence-corrected chi connectivity index (χ4v) is 1.90. The molecule has 20 heavy (non-hydrogen) atoms. The van der Waals surface area contributed by atoms with E-state index in [0.717, 1.165) is 5.56 Å². The lowest BCUT2D eigenvalue weighted by atomic mass is 10.2. The Labute approximate surface area is 115 Å². The van der Waals surface area contributed by atoms with E-state index in [9.17, 15) is 13.2 Å². The standard InChI is InChI=1S/C15H14F3NO/c1-19(14-5-3-2-4-13(14)16)10-11-6-8-12(9-7-11)20-15(17)18/h2-9,15H,10H2,1H3. The second kappa shape index (κ2) is 6.32. The number of nitrogens with zero attached hydrogens (tertiary/aromatic N) is 1. The number of ether oxygens (including phenoxy) is 1. The molecule has 0 atom stereocenters. The number of benzene rings is 2. The van der Waals surface area contributed by atoms with E-state index in [2.05, 4.69) is 4.74 Å². The van der Waals surface area contributed by atoms with Crippen LogP contribution in [0.2, 0.25) is 0 Å². The maximum atomic E-state index is 13.6. The van der Waals surface area contributed by atoms with Crippen molar-refractivity contribution in [3.8, 4) is 5.75 Å². The van der Waals surface area contributed by atoms with Crippen molar-refractivity contribution in [1.29, 1.82) is 0 Å². The van der Waals surface area contributed by atoms with Crippen molar-refractivity contribution in [2.24, 2.45) is 0 Å². The number of anilines is 1. The van der Waals surface area contributed by atoms with Gasteiger partial charge in [-0.25, -0.2) is 4.39 Å². The summed E-state index contributed by atoms with van der Waals surface area (Å²) < 4.78 is 41.9. The van der Waals surface area contributed by atoms with Gasteiger partial charge in [0.1, 0.15) is 11.6 Å². The van der Waals surface area contributed by atoms with Gasteiger partial charge >= 0.3 is 6.61 Å². The monoisotopic (exact) mass is 281 g/mol. The Morgan fingerprint density at radius 2 is 1.70 bits per heavy atom. The molecule has 2 aromatic carbocycles. The largest absolute Gasteiger partial charge is 0.435 e. The summed E-state index contributed by atoms with van der Waals surface area (Å²) in [6.45, 7) is -2.36.